The fourth-order valence-corrected chi connectivity index (χ4v) is 5.87. The number of allylic oxidation sites excluding steroid dienone is 2. The van der Waals surface area contributed by atoms with Gasteiger partial charge in [-0.1, -0.05) is 0 Å². The molecule has 2 aliphatic heterocycles. The van der Waals surface area contributed by atoms with Crippen LogP contribution in [0.4, 0.5) is 39.5 Å². The molecule has 14 nitrogen and oxygen atoms in total. The minimum Gasteiger partial charge on any atom is -0.430 e. The number of nitriles is 5. The zero-order valence-corrected chi connectivity index (χ0v) is 28.4. The van der Waals surface area contributed by atoms with Gasteiger partial charge in [0.15, 0.2) is 74.9 Å². The highest BCUT2D eigenvalue weighted by molar-refractivity contribution is 5.81. The van der Waals surface area contributed by atoms with Gasteiger partial charge in [0.25, 0.3) is 5.89 Å². The first-order chi connectivity index (χ1) is 28.8. The van der Waals surface area contributed by atoms with Crippen molar-refractivity contribution in [3.63, 3.8) is 0 Å². The molecule has 286 valence electrons. The lowest BCUT2D eigenvalue weighted by atomic mass is 10.0. The molecular weight excluding hydrogens is 813 g/mol. The topological polar surface area (TPSA) is 233 Å². The molecule has 0 saturated heterocycles. The summed E-state index contributed by atoms with van der Waals surface area (Å²) >= 11 is 0. The first kappa shape index (κ1) is 37.8. The molecule has 4 heterocycles. The van der Waals surface area contributed by atoms with E-state index in [4.69, 9.17) is 4.42 Å². The van der Waals surface area contributed by atoms with E-state index in [0.717, 1.165) is 12.1 Å². The van der Waals surface area contributed by atoms with Crippen molar-refractivity contribution in [3.8, 4) is 64.8 Å². The molecule has 0 bridgehead atoms. The Kier molecular flexibility index (Phi) is 8.69. The molecule has 2 aromatic heterocycles. The number of nitrogens with zero attached hydrogens (tertiary/aromatic N) is 13. The Labute approximate surface area is 323 Å². The van der Waals surface area contributed by atoms with Crippen LogP contribution in [-0.4, -0.2) is 19.9 Å². The lowest BCUT2D eigenvalue weighted by molar-refractivity contribution is 0.376. The summed E-state index contributed by atoms with van der Waals surface area (Å²) in [5.74, 6) is -24.3. The zero-order chi connectivity index (χ0) is 42.9. The molecule has 4 aromatic carbocycles. The van der Waals surface area contributed by atoms with Gasteiger partial charge in [0.05, 0.1) is 27.4 Å². The molecule has 60 heavy (non-hydrogen) atoms. The number of benzene rings is 4. The first-order valence-electron chi connectivity index (χ1n) is 15.9. The van der Waals surface area contributed by atoms with E-state index < -0.39 is 120 Å². The van der Waals surface area contributed by atoms with Gasteiger partial charge in [-0.3, -0.25) is 0 Å². The van der Waals surface area contributed by atoms with Crippen molar-refractivity contribution >= 4 is 16.7 Å². The molecule has 0 amide bonds. The van der Waals surface area contributed by atoms with Crippen LogP contribution in [0, 0.1) is 109 Å². The Bertz CT molecular complexity index is 3530. The van der Waals surface area contributed by atoms with Gasteiger partial charge in [0.2, 0.25) is 23.3 Å². The third kappa shape index (κ3) is 5.48. The van der Waals surface area contributed by atoms with E-state index in [1.54, 1.807) is 18.2 Å². The first-order valence-corrected chi connectivity index (χ1v) is 15.9. The summed E-state index contributed by atoms with van der Waals surface area (Å²) in [6.45, 7) is 0. The van der Waals surface area contributed by atoms with E-state index in [2.05, 4.69) is 39.9 Å². The summed E-state index contributed by atoms with van der Waals surface area (Å²) in [7, 11) is 0. The Morgan fingerprint density at radius 2 is 0.950 bits per heavy atom. The van der Waals surface area contributed by atoms with Crippen molar-refractivity contribution in [3.05, 3.63) is 132 Å². The lowest BCUT2D eigenvalue weighted by Gasteiger charge is -2.08. The normalized spacial score (nSPS) is 13.0. The van der Waals surface area contributed by atoms with Gasteiger partial charge in [-0.2, -0.15) is 30.7 Å². The molecule has 6 aromatic rings. The van der Waals surface area contributed by atoms with Crippen molar-refractivity contribution < 1.29 is 43.9 Å². The van der Waals surface area contributed by atoms with Crippen molar-refractivity contribution in [2.75, 3.05) is 0 Å². The van der Waals surface area contributed by atoms with Crippen molar-refractivity contribution in [2.45, 2.75) is 0 Å². The summed E-state index contributed by atoms with van der Waals surface area (Å²) in [5.41, 5.74) is -7.06. The summed E-state index contributed by atoms with van der Waals surface area (Å²) in [6.07, 6.45) is 0. The van der Waals surface area contributed by atoms with E-state index in [1.807, 2.05) is 6.07 Å². The third-order valence-electron chi connectivity index (χ3n) is 8.59. The molecule has 0 fully saturated rings. The number of rotatable bonds is 4. The molecule has 0 aliphatic carbocycles. The van der Waals surface area contributed by atoms with Crippen LogP contribution >= 0.6 is 0 Å². The predicted octanol–water partition coefficient (Wildman–Crippen LogP) is 4.67. The Hall–Kier alpha value is -9.14. The van der Waals surface area contributed by atoms with Gasteiger partial charge in [0.1, 0.15) is 46.6 Å². The van der Waals surface area contributed by atoms with E-state index in [-0.39, 0.29) is 38.6 Å². The number of halogens is 9. The number of hydrogen-bond acceptors (Lipinski definition) is 14. The van der Waals surface area contributed by atoms with Crippen LogP contribution in [0.5, 0.6) is 0 Å². The smallest absolute Gasteiger partial charge is 0.266 e. The zero-order valence-electron chi connectivity index (χ0n) is 28.4. The summed E-state index contributed by atoms with van der Waals surface area (Å²) in [6, 6.07) is 12.9. The molecule has 2 aliphatic rings. The van der Waals surface area contributed by atoms with Crippen LogP contribution < -0.4 is 21.4 Å². The van der Waals surface area contributed by atoms with E-state index in [9.17, 15) is 65.8 Å². The van der Waals surface area contributed by atoms with Crippen molar-refractivity contribution in [1.29, 1.82) is 26.3 Å². The Morgan fingerprint density at radius 1 is 0.483 bits per heavy atom. The fraction of sp³-hybridized carbons (Fsp3) is 0. The molecule has 0 N–H and O–H groups in total. The predicted molar refractivity (Wildman–Crippen MR) is 175 cm³/mol. The molecular formula is C37H4F9N13O. The lowest BCUT2D eigenvalue weighted by Crippen LogP contribution is -2.26. The number of hydrogen-bond donors (Lipinski definition) is 0. The second-order valence-electron chi connectivity index (χ2n) is 11.8. The molecule has 8 rings (SSSR count). The molecule has 0 radical (unpaired) electrons. The molecule has 0 atom stereocenters. The van der Waals surface area contributed by atoms with Gasteiger partial charge in [-0.25, -0.2) is 75.0 Å². The van der Waals surface area contributed by atoms with Gasteiger partial charge in [0, 0.05) is 11.1 Å². The summed E-state index contributed by atoms with van der Waals surface area (Å²) in [5, 5.41) is 48.2. The molecule has 0 spiro atoms. The van der Waals surface area contributed by atoms with Crippen LogP contribution in [0.3, 0.4) is 0 Å². The minimum atomic E-state index is -2.50. The van der Waals surface area contributed by atoms with E-state index in [1.165, 1.54) is 18.2 Å². The van der Waals surface area contributed by atoms with Crippen LogP contribution in [0.25, 0.3) is 51.2 Å². The van der Waals surface area contributed by atoms with Crippen LogP contribution in [0.15, 0.2) is 65.9 Å². The quantitative estimate of drug-likeness (QED) is 0.103. The Balaban J connectivity index is 1.40. The highest BCUT2D eigenvalue weighted by Crippen LogP contribution is 2.34. The van der Waals surface area contributed by atoms with E-state index >= 15 is 0 Å². The Morgan fingerprint density at radius 3 is 1.47 bits per heavy atom. The van der Waals surface area contributed by atoms with Gasteiger partial charge < -0.3 is 4.42 Å². The minimum absolute atomic E-state index is 0.0268. The number of fused-ring (bicyclic) bond motifs is 3. The molecule has 0 saturated carbocycles. The monoisotopic (exact) mass is 817 g/mol. The third-order valence-corrected chi connectivity index (χ3v) is 8.59. The second kappa shape index (κ2) is 13.8. The van der Waals surface area contributed by atoms with Gasteiger partial charge in [-0.05, 0) is 24.3 Å². The maximum Gasteiger partial charge on any atom is 0.266 e. The molecule has 0 unspecified atom stereocenters. The van der Waals surface area contributed by atoms with E-state index in [0.29, 0.717) is 0 Å². The second-order valence-corrected chi connectivity index (χ2v) is 11.8. The molecule has 23 heteroatoms. The van der Waals surface area contributed by atoms with Crippen molar-refractivity contribution in [2.24, 2.45) is 20.0 Å². The average Bonchev–Trinajstić information content (AvgIpc) is 4.02. The SMILES string of the molecule is N#CC(C#N)=C1N=c2ccc(-c3nc(-c4nc5c(F)c(F)c(F)c(F)c5o4)nc(-c4ccc5c(c4C#N)=N/C(=C(/C#N)c4c(F)c(F)c(F)c(F)c4F)N=5)n3)c(C#N)c2=N1. The standard InChI is InChI=1S/C37H4F9N13O/c38-19-18(20(39)22(41)23(42)21(19)40)15(9-51)35-53-17-4-2-12(14(8-50)29(17)55-35)34-57-33(11-1-3-16-28(13(11)7-49)54-32(52-16)10(5-47)6-48)58-36(59-34)37-56-30-26(45)24(43)25(44)27(46)31(30)60-37/h1-4H/b35-15-. The van der Waals surface area contributed by atoms with Gasteiger partial charge in [-0.15, -0.1) is 0 Å². The van der Waals surface area contributed by atoms with Crippen molar-refractivity contribution in [1.82, 2.24) is 19.9 Å². The summed E-state index contributed by atoms with van der Waals surface area (Å²) in [4.78, 5) is 32.5. The fourth-order valence-electron chi connectivity index (χ4n) is 5.87. The highest BCUT2D eigenvalue weighted by Gasteiger charge is 2.31. The van der Waals surface area contributed by atoms with Gasteiger partial charge >= 0.3 is 0 Å². The largest absolute Gasteiger partial charge is 0.430 e. The number of aromatic nitrogens is 4. The summed E-state index contributed by atoms with van der Waals surface area (Å²) < 4.78 is 134. The number of oxazole rings is 1. The highest BCUT2D eigenvalue weighted by atomic mass is 19.2. The maximum atomic E-state index is 14.8. The van der Waals surface area contributed by atoms with Crippen LogP contribution in [0.2, 0.25) is 0 Å². The maximum absolute atomic E-state index is 14.8. The average molecular weight is 818 g/mol. The van der Waals surface area contributed by atoms with Crippen LogP contribution in [-0.2, 0) is 0 Å². The van der Waals surface area contributed by atoms with Crippen LogP contribution in [0.1, 0.15) is 16.7 Å².